The van der Waals surface area contributed by atoms with Crippen LogP contribution in [0.25, 0.3) is 21.9 Å². The molecule has 7 nitrogen and oxygen atoms in total. The Morgan fingerprint density at radius 3 is 2.52 bits per heavy atom. The predicted octanol–water partition coefficient (Wildman–Crippen LogP) is 3.40. The molecule has 0 saturated heterocycles. The molecule has 0 aliphatic carbocycles. The standard InChI is InChI=1S/C22H25NO6/c1-11(2)6-17(22(26)27-5)23-20(24)8-16-13(4)15-7-14-12(3)10-28-18(14)9-19(15)29-21(16)25/h7,9-11,17H,6,8H2,1-5H3,(H,23,24)/t17-/m0/s1. The maximum Gasteiger partial charge on any atom is 0.340 e. The van der Waals surface area contributed by atoms with Gasteiger partial charge in [0.2, 0.25) is 5.91 Å². The lowest BCUT2D eigenvalue weighted by molar-refractivity contribution is -0.145. The number of hydrogen-bond acceptors (Lipinski definition) is 6. The third kappa shape index (κ3) is 4.18. The van der Waals surface area contributed by atoms with Crippen LogP contribution in [0.15, 0.2) is 32.0 Å². The first kappa shape index (κ1) is 20.6. The number of amides is 1. The number of rotatable bonds is 6. The second-order valence-corrected chi connectivity index (χ2v) is 7.71. The molecule has 0 saturated carbocycles. The van der Waals surface area contributed by atoms with Gasteiger partial charge in [-0.1, -0.05) is 13.8 Å². The first-order chi connectivity index (χ1) is 13.7. The Morgan fingerprint density at radius 2 is 1.86 bits per heavy atom. The number of nitrogens with one attached hydrogen (secondary N) is 1. The molecular formula is C22H25NO6. The molecule has 3 aromatic rings. The lowest BCUT2D eigenvalue weighted by atomic mass is 10.0. The van der Waals surface area contributed by atoms with E-state index >= 15 is 0 Å². The average molecular weight is 399 g/mol. The average Bonchev–Trinajstić information content (AvgIpc) is 3.02. The molecule has 0 spiro atoms. The molecule has 2 aromatic heterocycles. The smallest absolute Gasteiger partial charge is 0.340 e. The second-order valence-electron chi connectivity index (χ2n) is 7.71. The summed E-state index contributed by atoms with van der Waals surface area (Å²) in [5, 5.41) is 4.35. The zero-order valence-electron chi connectivity index (χ0n) is 17.3. The molecule has 29 heavy (non-hydrogen) atoms. The van der Waals surface area contributed by atoms with Crippen molar-refractivity contribution in [1.82, 2.24) is 5.32 Å². The number of carbonyl (C=O) groups excluding carboxylic acids is 2. The Labute approximate surface area is 168 Å². The van der Waals surface area contributed by atoms with Crippen molar-refractivity contribution in [2.45, 2.75) is 46.6 Å². The lowest BCUT2D eigenvalue weighted by Crippen LogP contribution is -2.43. The van der Waals surface area contributed by atoms with E-state index in [2.05, 4.69) is 5.32 Å². The van der Waals surface area contributed by atoms with Crippen LogP contribution < -0.4 is 10.9 Å². The Balaban J connectivity index is 1.93. The van der Waals surface area contributed by atoms with E-state index in [9.17, 15) is 14.4 Å². The van der Waals surface area contributed by atoms with Crippen LogP contribution in [0.4, 0.5) is 0 Å². The zero-order valence-corrected chi connectivity index (χ0v) is 17.3. The minimum Gasteiger partial charge on any atom is -0.467 e. The number of esters is 1. The van der Waals surface area contributed by atoms with Gasteiger partial charge >= 0.3 is 11.6 Å². The van der Waals surface area contributed by atoms with E-state index in [1.54, 1.807) is 19.3 Å². The number of hydrogen-bond donors (Lipinski definition) is 1. The van der Waals surface area contributed by atoms with E-state index in [0.29, 0.717) is 23.2 Å². The van der Waals surface area contributed by atoms with Crippen molar-refractivity contribution in [3.05, 3.63) is 45.5 Å². The van der Waals surface area contributed by atoms with E-state index in [0.717, 1.165) is 16.3 Å². The van der Waals surface area contributed by atoms with Crippen molar-refractivity contribution < 1.29 is 23.2 Å². The first-order valence-electron chi connectivity index (χ1n) is 9.52. The molecule has 0 aliphatic rings. The first-order valence-corrected chi connectivity index (χ1v) is 9.52. The maximum absolute atomic E-state index is 12.6. The summed E-state index contributed by atoms with van der Waals surface area (Å²) in [5.74, 6) is -0.754. The summed E-state index contributed by atoms with van der Waals surface area (Å²) in [4.78, 5) is 37.0. The summed E-state index contributed by atoms with van der Waals surface area (Å²) in [5.41, 5.74) is 2.38. The highest BCUT2D eigenvalue weighted by molar-refractivity contribution is 5.96. The summed E-state index contributed by atoms with van der Waals surface area (Å²) in [7, 11) is 1.28. The van der Waals surface area contributed by atoms with E-state index in [1.807, 2.05) is 26.8 Å². The van der Waals surface area contributed by atoms with Crippen LogP contribution in [0.3, 0.4) is 0 Å². The Kier molecular flexibility index (Phi) is 5.77. The van der Waals surface area contributed by atoms with Gasteiger partial charge < -0.3 is 18.9 Å². The second kappa shape index (κ2) is 8.11. The van der Waals surface area contributed by atoms with Gasteiger partial charge in [0, 0.05) is 16.8 Å². The fourth-order valence-electron chi connectivity index (χ4n) is 3.48. The van der Waals surface area contributed by atoms with Gasteiger partial charge in [-0.05, 0) is 43.4 Å². The summed E-state index contributed by atoms with van der Waals surface area (Å²) >= 11 is 0. The number of fused-ring (bicyclic) bond motifs is 2. The summed E-state index contributed by atoms with van der Waals surface area (Å²) < 4.78 is 15.7. The molecule has 0 fully saturated rings. The number of benzene rings is 1. The molecule has 0 radical (unpaired) electrons. The molecule has 0 unspecified atom stereocenters. The largest absolute Gasteiger partial charge is 0.467 e. The summed E-state index contributed by atoms with van der Waals surface area (Å²) in [6.45, 7) is 7.61. The third-order valence-corrected chi connectivity index (χ3v) is 5.04. The van der Waals surface area contributed by atoms with Gasteiger partial charge in [0.15, 0.2) is 0 Å². The van der Waals surface area contributed by atoms with Gasteiger partial charge in [-0.2, -0.15) is 0 Å². The third-order valence-electron chi connectivity index (χ3n) is 5.04. The molecule has 2 heterocycles. The predicted molar refractivity (Wildman–Crippen MR) is 109 cm³/mol. The Morgan fingerprint density at radius 1 is 1.14 bits per heavy atom. The number of methoxy groups -OCH3 is 1. The van der Waals surface area contributed by atoms with E-state index in [-0.39, 0.29) is 17.9 Å². The minimum absolute atomic E-state index is 0.182. The molecular weight excluding hydrogens is 374 g/mol. The molecule has 154 valence electrons. The maximum atomic E-state index is 12.6. The quantitative estimate of drug-likeness (QED) is 0.504. The van der Waals surface area contributed by atoms with Crippen molar-refractivity contribution in [2.24, 2.45) is 5.92 Å². The van der Waals surface area contributed by atoms with Crippen molar-refractivity contribution in [2.75, 3.05) is 7.11 Å². The van der Waals surface area contributed by atoms with Gasteiger partial charge in [0.1, 0.15) is 17.2 Å². The molecule has 3 rings (SSSR count). The molecule has 0 bridgehead atoms. The molecule has 1 amide bonds. The molecule has 7 heteroatoms. The van der Waals surface area contributed by atoms with Crippen molar-refractivity contribution in [3.8, 4) is 0 Å². The van der Waals surface area contributed by atoms with E-state index in [1.165, 1.54) is 7.11 Å². The number of furan rings is 1. The van der Waals surface area contributed by atoms with Gasteiger partial charge in [-0.15, -0.1) is 0 Å². The van der Waals surface area contributed by atoms with Crippen LogP contribution >= 0.6 is 0 Å². The Hall–Kier alpha value is -3.09. The molecule has 0 aliphatic heterocycles. The fraction of sp³-hybridized carbons (Fsp3) is 0.409. The van der Waals surface area contributed by atoms with Gasteiger partial charge in [-0.25, -0.2) is 9.59 Å². The highest BCUT2D eigenvalue weighted by atomic mass is 16.5. The molecule has 1 atom stereocenters. The summed E-state index contributed by atoms with van der Waals surface area (Å²) in [6.07, 6.45) is 1.91. The number of aryl methyl sites for hydroxylation is 2. The van der Waals surface area contributed by atoms with Gasteiger partial charge in [-0.3, -0.25) is 4.79 Å². The molecule has 1 N–H and O–H groups in total. The molecule has 1 aromatic carbocycles. The van der Waals surface area contributed by atoms with Crippen molar-refractivity contribution >= 4 is 33.8 Å². The van der Waals surface area contributed by atoms with E-state index in [4.69, 9.17) is 13.6 Å². The number of carbonyl (C=O) groups is 2. The normalized spacial score (nSPS) is 12.5. The van der Waals surface area contributed by atoms with Crippen LogP contribution in [0.1, 0.15) is 37.0 Å². The van der Waals surface area contributed by atoms with Gasteiger partial charge in [0.05, 0.1) is 25.4 Å². The number of ether oxygens (including phenoxy) is 1. The highest BCUT2D eigenvalue weighted by Gasteiger charge is 2.24. The van der Waals surface area contributed by atoms with Gasteiger partial charge in [0.25, 0.3) is 0 Å². The van der Waals surface area contributed by atoms with Crippen LogP contribution in [0.2, 0.25) is 0 Å². The fourth-order valence-corrected chi connectivity index (χ4v) is 3.48. The Bertz CT molecular complexity index is 1140. The zero-order chi connectivity index (χ0) is 21.3. The van der Waals surface area contributed by atoms with Crippen LogP contribution in [-0.2, 0) is 20.7 Å². The topological polar surface area (TPSA) is 98.8 Å². The lowest BCUT2D eigenvalue weighted by Gasteiger charge is -2.18. The van der Waals surface area contributed by atoms with Crippen LogP contribution in [0.5, 0.6) is 0 Å². The van der Waals surface area contributed by atoms with E-state index < -0.39 is 23.5 Å². The van der Waals surface area contributed by atoms with Crippen molar-refractivity contribution in [3.63, 3.8) is 0 Å². The van der Waals surface area contributed by atoms with Crippen LogP contribution in [0, 0.1) is 19.8 Å². The van der Waals surface area contributed by atoms with Crippen LogP contribution in [-0.4, -0.2) is 25.0 Å². The monoisotopic (exact) mass is 399 g/mol. The summed E-state index contributed by atoms with van der Waals surface area (Å²) in [6, 6.07) is 2.83. The minimum atomic E-state index is -0.756. The SMILES string of the molecule is COC(=O)[C@H](CC(C)C)NC(=O)Cc1c(C)c2cc3c(C)coc3cc2oc1=O. The van der Waals surface area contributed by atoms with Crippen molar-refractivity contribution in [1.29, 1.82) is 0 Å². The highest BCUT2D eigenvalue weighted by Crippen LogP contribution is 2.28.